The summed E-state index contributed by atoms with van der Waals surface area (Å²) in [6, 6.07) is 6.02. The van der Waals surface area contributed by atoms with Crippen LogP contribution in [0.3, 0.4) is 0 Å². The van der Waals surface area contributed by atoms with E-state index in [1.165, 1.54) is 18.9 Å². The molecule has 2 aromatic rings. The fourth-order valence-electron chi connectivity index (χ4n) is 3.04. The Labute approximate surface area is 161 Å². The molecule has 0 saturated carbocycles. The van der Waals surface area contributed by atoms with Gasteiger partial charge in [-0.05, 0) is 43.5 Å². The van der Waals surface area contributed by atoms with Gasteiger partial charge in [-0.2, -0.15) is 0 Å². The van der Waals surface area contributed by atoms with Crippen molar-refractivity contribution in [1.29, 1.82) is 0 Å². The SMILES string of the molecule is CC[C@H](Sc1nc2c(c(=O)n1-c1cc(C)cc(C)c1)SCC2)C(=O)OC. The molecular formula is C19H22N2O3S2. The third-order valence-electron chi connectivity index (χ3n) is 4.21. The van der Waals surface area contributed by atoms with Crippen LogP contribution in [0.2, 0.25) is 0 Å². The van der Waals surface area contributed by atoms with E-state index in [1.807, 2.05) is 32.9 Å². The summed E-state index contributed by atoms with van der Waals surface area (Å²) in [7, 11) is 1.38. The normalized spacial score (nSPS) is 14.2. The summed E-state index contributed by atoms with van der Waals surface area (Å²) in [5.74, 6) is 0.570. The predicted octanol–water partition coefficient (Wildman–Crippen LogP) is 3.54. The fourth-order valence-corrected chi connectivity index (χ4v) is 5.13. The van der Waals surface area contributed by atoms with E-state index in [0.29, 0.717) is 11.6 Å². The molecule has 2 heterocycles. The zero-order valence-corrected chi connectivity index (χ0v) is 17.0. The Balaban J connectivity index is 2.18. The number of esters is 1. The number of carbonyl (C=O) groups is 1. The van der Waals surface area contributed by atoms with Crippen molar-refractivity contribution in [1.82, 2.24) is 9.55 Å². The minimum absolute atomic E-state index is 0.0512. The number of ether oxygens (including phenoxy) is 1. The second-order valence-electron chi connectivity index (χ2n) is 6.29. The second-order valence-corrected chi connectivity index (χ2v) is 8.57. The molecule has 3 rings (SSSR count). The molecule has 138 valence electrons. The standard InChI is InChI=1S/C19H22N2O3S2/c1-5-15(18(23)24-4)26-19-20-14-6-7-25-16(14)17(22)21(19)13-9-11(2)8-12(3)10-13/h8-10,15H,5-7H2,1-4H3/t15-/m0/s1. The van der Waals surface area contributed by atoms with Crippen LogP contribution in [-0.4, -0.2) is 33.6 Å². The molecule has 1 atom stereocenters. The molecule has 0 amide bonds. The lowest BCUT2D eigenvalue weighted by Crippen LogP contribution is -2.26. The number of nitrogens with zero attached hydrogens (tertiary/aromatic N) is 2. The molecule has 0 unspecified atom stereocenters. The van der Waals surface area contributed by atoms with Crippen molar-refractivity contribution in [3.05, 3.63) is 45.4 Å². The minimum Gasteiger partial charge on any atom is -0.468 e. The van der Waals surface area contributed by atoms with Crippen molar-refractivity contribution in [3.8, 4) is 5.69 Å². The average molecular weight is 391 g/mol. The lowest BCUT2D eigenvalue weighted by atomic mass is 10.1. The van der Waals surface area contributed by atoms with E-state index in [-0.39, 0.29) is 11.5 Å². The van der Waals surface area contributed by atoms with E-state index >= 15 is 0 Å². The Morgan fingerprint density at radius 1 is 1.35 bits per heavy atom. The maximum atomic E-state index is 13.2. The third kappa shape index (κ3) is 3.69. The van der Waals surface area contributed by atoms with Crippen LogP contribution in [0.5, 0.6) is 0 Å². The van der Waals surface area contributed by atoms with Gasteiger partial charge < -0.3 is 4.74 Å². The van der Waals surface area contributed by atoms with Crippen LogP contribution < -0.4 is 5.56 Å². The molecule has 0 radical (unpaired) electrons. The van der Waals surface area contributed by atoms with E-state index in [4.69, 9.17) is 9.72 Å². The van der Waals surface area contributed by atoms with E-state index in [9.17, 15) is 9.59 Å². The van der Waals surface area contributed by atoms with Gasteiger partial charge in [-0.25, -0.2) is 4.98 Å². The largest absolute Gasteiger partial charge is 0.468 e. The van der Waals surface area contributed by atoms with Gasteiger partial charge in [-0.15, -0.1) is 11.8 Å². The zero-order chi connectivity index (χ0) is 18.8. The van der Waals surface area contributed by atoms with Gasteiger partial charge in [0.05, 0.1) is 23.4 Å². The highest BCUT2D eigenvalue weighted by Crippen LogP contribution is 2.32. The van der Waals surface area contributed by atoms with Gasteiger partial charge in [-0.1, -0.05) is 24.8 Å². The summed E-state index contributed by atoms with van der Waals surface area (Å²) in [5.41, 5.74) is 3.73. The molecule has 7 heteroatoms. The van der Waals surface area contributed by atoms with Gasteiger partial charge in [-0.3, -0.25) is 14.2 Å². The zero-order valence-electron chi connectivity index (χ0n) is 15.4. The highest BCUT2D eigenvalue weighted by molar-refractivity contribution is 8.00. The van der Waals surface area contributed by atoms with Crippen LogP contribution in [0.25, 0.3) is 5.69 Å². The van der Waals surface area contributed by atoms with Crippen LogP contribution in [0.15, 0.2) is 33.0 Å². The maximum Gasteiger partial charge on any atom is 0.319 e. The van der Waals surface area contributed by atoms with Crippen LogP contribution in [-0.2, 0) is 16.0 Å². The Morgan fingerprint density at radius 3 is 2.65 bits per heavy atom. The first-order chi connectivity index (χ1) is 12.4. The van der Waals surface area contributed by atoms with E-state index in [1.54, 1.807) is 16.3 Å². The van der Waals surface area contributed by atoms with Gasteiger partial charge in [0, 0.05) is 12.2 Å². The molecule has 1 aliphatic heterocycles. The molecule has 0 aliphatic carbocycles. The summed E-state index contributed by atoms with van der Waals surface area (Å²) in [6.45, 7) is 5.94. The first-order valence-corrected chi connectivity index (χ1v) is 10.4. The van der Waals surface area contributed by atoms with Crippen molar-refractivity contribution in [3.63, 3.8) is 0 Å². The van der Waals surface area contributed by atoms with Crippen LogP contribution in [0.4, 0.5) is 0 Å². The average Bonchev–Trinajstić information content (AvgIpc) is 3.07. The quantitative estimate of drug-likeness (QED) is 0.442. The second kappa shape index (κ2) is 7.88. The number of thioether (sulfide) groups is 2. The summed E-state index contributed by atoms with van der Waals surface area (Å²) >= 11 is 2.86. The van der Waals surface area contributed by atoms with Crippen molar-refractivity contribution in [2.24, 2.45) is 0 Å². The molecule has 1 aliphatic rings. The predicted molar refractivity (Wildman–Crippen MR) is 106 cm³/mol. The van der Waals surface area contributed by atoms with Gasteiger partial charge in [0.1, 0.15) is 5.25 Å². The number of fused-ring (bicyclic) bond motifs is 1. The number of aromatic nitrogens is 2. The van der Waals surface area contributed by atoms with Gasteiger partial charge in [0.15, 0.2) is 5.16 Å². The van der Waals surface area contributed by atoms with E-state index in [2.05, 4.69) is 6.07 Å². The molecule has 1 aromatic carbocycles. The van der Waals surface area contributed by atoms with Crippen LogP contribution in [0.1, 0.15) is 30.2 Å². The van der Waals surface area contributed by atoms with Gasteiger partial charge in [0.25, 0.3) is 5.56 Å². The number of benzene rings is 1. The maximum absolute atomic E-state index is 13.2. The number of carbonyl (C=O) groups excluding carboxylic acids is 1. The van der Waals surface area contributed by atoms with Gasteiger partial charge in [0.2, 0.25) is 0 Å². The van der Waals surface area contributed by atoms with Crippen molar-refractivity contribution < 1.29 is 9.53 Å². The highest BCUT2D eigenvalue weighted by atomic mass is 32.2. The molecule has 0 fully saturated rings. The Morgan fingerprint density at radius 2 is 2.04 bits per heavy atom. The summed E-state index contributed by atoms with van der Waals surface area (Å²) in [6.07, 6.45) is 1.39. The molecule has 26 heavy (non-hydrogen) atoms. The Hall–Kier alpha value is -1.73. The fraction of sp³-hybridized carbons (Fsp3) is 0.421. The van der Waals surface area contributed by atoms with Crippen LogP contribution >= 0.6 is 23.5 Å². The number of rotatable bonds is 5. The topological polar surface area (TPSA) is 61.2 Å². The van der Waals surface area contributed by atoms with Crippen LogP contribution in [0, 0.1) is 13.8 Å². The Kier molecular flexibility index (Phi) is 5.77. The number of aryl methyl sites for hydroxylation is 3. The smallest absolute Gasteiger partial charge is 0.319 e. The molecular weight excluding hydrogens is 368 g/mol. The molecule has 0 N–H and O–H groups in total. The lowest BCUT2D eigenvalue weighted by Gasteiger charge is -2.18. The summed E-state index contributed by atoms with van der Waals surface area (Å²) < 4.78 is 6.55. The van der Waals surface area contributed by atoms with Crippen molar-refractivity contribution in [2.45, 2.75) is 48.9 Å². The first kappa shape index (κ1) is 19.0. The monoisotopic (exact) mass is 390 g/mol. The van der Waals surface area contributed by atoms with Crippen molar-refractivity contribution >= 4 is 29.5 Å². The Bertz CT molecular complexity index is 888. The highest BCUT2D eigenvalue weighted by Gasteiger charge is 2.26. The third-order valence-corrected chi connectivity index (χ3v) is 6.62. The summed E-state index contributed by atoms with van der Waals surface area (Å²) in [4.78, 5) is 30.7. The molecule has 0 spiro atoms. The molecule has 1 aromatic heterocycles. The van der Waals surface area contributed by atoms with E-state index < -0.39 is 5.25 Å². The van der Waals surface area contributed by atoms with Gasteiger partial charge >= 0.3 is 5.97 Å². The first-order valence-electron chi connectivity index (χ1n) is 8.56. The minimum atomic E-state index is -0.392. The molecule has 0 saturated heterocycles. The summed E-state index contributed by atoms with van der Waals surface area (Å²) in [5, 5.41) is 0.162. The van der Waals surface area contributed by atoms with Crippen molar-refractivity contribution in [2.75, 3.05) is 12.9 Å². The number of hydrogen-bond donors (Lipinski definition) is 0. The van der Waals surface area contributed by atoms with E-state index in [0.717, 1.165) is 39.6 Å². The molecule has 0 bridgehead atoms. The lowest BCUT2D eigenvalue weighted by molar-refractivity contribution is -0.140. The number of hydrogen-bond acceptors (Lipinski definition) is 6. The number of methoxy groups -OCH3 is 1. The molecule has 5 nitrogen and oxygen atoms in total.